The molecule has 0 atom stereocenters. The van der Waals surface area contributed by atoms with E-state index in [1.165, 1.54) is 51.8 Å². The second kappa shape index (κ2) is 13.5. The van der Waals surface area contributed by atoms with Crippen molar-refractivity contribution in [2.75, 3.05) is 14.2 Å². The zero-order valence-electron chi connectivity index (χ0n) is 18.1. The van der Waals surface area contributed by atoms with Crippen molar-refractivity contribution < 1.29 is 13.9 Å². The van der Waals surface area contributed by atoms with Gasteiger partial charge >= 0.3 is 171 Å². The van der Waals surface area contributed by atoms with Gasteiger partial charge in [0, 0.05) is 0 Å². The minimum atomic E-state index is -2.91. The van der Waals surface area contributed by atoms with Gasteiger partial charge in [0.25, 0.3) is 0 Å². The standard InChI is InChI=1S/C11H12FO2.3C4H9.Sn/c1-13-10-6-5-9(4-3-7-12)8-11(10)14-2;3*1-3-4-2;/h3,5-6,8H,4H2,1-2H3;3*1,3-4H2,2H3;. The van der Waals surface area contributed by atoms with Crippen molar-refractivity contribution in [1.29, 1.82) is 0 Å². The molecule has 2 nitrogen and oxygen atoms in total. The Bertz CT molecular complexity index is 550. The Morgan fingerprint density at radius 2 is 1.41 bits per heavy atom. The zero-order chi connectivity index (χ0) is 20.1. The SMILES string of the molecule is CCC[CH2][Sn]([CH2]CCC)([CH2]CCC)/[C](F)=C/Cc1ccc(OC)c(OC)c1. The molecule has 0 aromatic heterocycles. The number of halogens is 1. The summed E-state index contributed by atoms with van der Waals surface area (Å²) in [5.41, 5.74) is 1.07. The molecule has 0 N–H and O–H groups in total. The van der Waals surface area contributed by atoms with Crippen LogP contribution in [-0.4, -0.2) is 32.6 Å². The first-order chi connectivity index (χ1) is 13.1. The van der Waals surface area contributed by atoms with E-state index in [1.807, 2.05) is 24.3 Å². The molecule has 0 spiro atoms. The van der Waals surface area contributed by atoms with Crippen LogP contribution in [0.15, 0.2) is 28.1 Å². The van der Waals surface area contributed by atoms with Crippen LogP contribution in [0.2, 0.25) is 13.3 Å². The van der Waals surface area contributed by atoms with Crippen LogP contribution < -0.4 is 9.47 Å². The van der Waals surface area contributed by atoms with Gasteiger partial charge in [-0.3, -0.25) is 0 Å². The summed E-state index contributed by atoms with van der Waals surface area (Å²) in [5.74, 6) is 1.43. The maximum absolute atomic E-state index is 15.6. The van der Waals surface area contributed by atoms with Crippen molar-refractivity contribution in [3.63, 3.8) is 0 Å². The molecule has 0 amide bonds. The van der Waals surface area contributed by atoms with Gasteiger partial charge in [-0.05, 0) is 0 Å². The fraction of sp³-hybridized carbons (Fsp3) is 0.652. The van der Waals surface area contributed by atoms with Crippen molar-refractivity contribution in [2.24, 2.45) is 0 Å². The van der Waals surface area contributed by atoms with Crippen LogP contribution in [0.3, 0.4) is 0 Å². The van der Waals surface area contributed by atoms with E-state index < -0.39 is 18.4 Å². The van der Waals surface area contributed by atoms with Crippen LogP contribution in [0.25, 0.3) is 0 Å². The first kappa shape index (κ1) is 24.3. The van der Waals surface area contributed by atoms with Crippen LogP contribution in [0.5, 0.6) is 11.5 Å². The topological polar surface area (TPSA) is 18.5 Å². The molecule has 0 heterocycles. The summed E-state index contributed by atoms with van der Waals surface area (Å²) in [4.78, 5) is 0. The van der Waals surface area contributed by atoms with Crippen molar-refractivity contribution in [1.82, 2.24) is 0 Å². The van der Waals surface area contributed by atoms with Crippen LogP contribution in [0, 0.1) is 0 Å². The van der Waals surface area contributed by atoms with Gasteiger partial charge in [0.15, 0.2) is 0 Å². The maximum atomic E-state index is 15.6. The monoisotopic (exact) mass is 486 g/mol. The van der Waals surface area contributed by atoms with Gasteiger partial charge in [0.1, 0.15) is 0 Å². The van der Waals surface area contributed by atoms with Gasteiger partial charge in [-0.2, -0.15) is 0 Å². The number of ether oxygens (including phenoxy) is 2. The Labute approximate surface area is 170 Å². The quantitative estimate of drug-likeness (QED) is 0.254. The molecule has 0 unspecified atom stereocenters. The van der Waals surface area contributed by atoms with E-state index in [0.717, 1.165) is 5.56 Å². The van der Waals surface area contributed by atoms with Gasteiger partial charge in [-0.15, -0.1) is 0 Å². The van der Waals surface area contributed by atoms with Gasteiger partial charge in [-0.25, -0.2) is 0 Å². The summed E-state index contributed by atoms with van der Waals surface area (Å²) in [6.45, 7) is 6.67. The second-order valence-corrected chi connectivity index (χ2v) is 20.5. The number of hydrogen-bond acceptors (Lipinski definition) is 2. The fourth-order valence-electron chi connectivity index (χ4n) is 3.71. The number of methoxy groups -OCH3 is 2. The first-order valence-electron chi connectivity index (χ1n) is 10.6. The van der Waals surface area contributed by atoms with E-state index in [0.29, 0.717) is 21.8 Å². The zero-order valence-corrected chi connectivity index (χ0v) is 20.9. The summed E-state index contributed by atoms with van der Waals surface area (Å²) < 4.78 is 30.1. The number of allylic oxidation sites excluding steroid dienone is 1. The number of benzene rings is 1. The molecule has 27 heavy (non-hydrogen) atoms. The third-order valence-corrected chi connectivity index (χ3v) is 20.2. The Morgan fingerprint density at radius 3 is 1.85 bits per heavy atom. The molecule has 0 saturated heterocycles. The van der Waals surface area contributed by atoms with E-state index in [2.05, 4.69) is 20.8 Å². The van der Waals surface area contributed by atoms with E-state index in [9.17, 15) is 0 Å². The third kappa shape index (κ3) is 7.67. The molecule has 1 rings (SSSR count). The van der Waals surface area contributed by atoms with Crippen LogP contribution in [-0.2, 0) is 6.42 Å². The van der Waals surface area contributed by atoms with Gasteiger partial charge in [0.2, 0.25) is 0 Å². The molecule has 0 bridgehead atoms. The minimum absolute atomic E-state index is 0.300. The van der Waals surface area contributed by atoms with Crippen LogP contribution in [0.4, 0.5) is 4.39 Å². The number of unbranched alkanes of at least 4 members (excludes halogenated alkanes) is 3. The molecular weight excluding hydrogens is 446 g/mol. The normalized spacial score (nSPS) is 12.3. The molecule has 1 aromatic rings. The molecule has 1 aromatic carbocycles. The van der Waals surface area contributed by atoms with Crippen LogP contribution in [0.1, 0.15) is 64.9 Å². The summed E-state index contributed by atoms with van der Waals surface area (Å²) in [7, 11) is 3.27. The molecular formula is C23H39FO2Sn. The van der Waals surface area contributed by atoms with E-state index in [1.54, 1.807) is 14.2 Å². The first-order valence-corrected chi connectivity index (χ1v) is 18.1. The van der Waals surface area contributed by atoms with Crippen molar-refractivity contribution >= 4 is 18.4 Å². The van der Waals surface area contributed by atoms with Gasteiger partial charge in [0.05, 0.1) is 0 Å². The van der Waals surface area contributed by atoms with Gasteiger partial charge in [-0.1, -0.05) is 0 Å². The molecule has 4 heteroatoms. The van der Waals surface area contributed by atoms with Crippen LogP contribution >= 0.6 is 0 Å². The third-order valence-electron chi connectivity index (χ3n) is 5.50. The molecule has 154 valence electrons. The molecule has 0 fully saturated rings. The number of hydrogen-bond donors (Lipinski definition) is 0. The van der Waals surface area contributed by atoms with Crippen molar-refractivity contribution in [3.05, 3.63) is 33.7 Å². The van der Waals surface area contributed by atoms with Crippen molar-refractivity contribution in [2.45, 2.75) is 79.0 Å². The summed E-state index contributed by atoms with van der Waals surface area (Å²) >= 11 is -2.91. The molecule has 0 aliphatic heterocycles. The van der Waals surface area contributed by atoms with Gasteiger partial charge < -0.3 is 0 Å². The Kier molecular flexibility index (Phi) is 12.1. The number of rotatable bonds is 14. The van der Waals surface area contributed by atoms with E-state index in [4.69, 9.17) is 9.47 Å². The Morgan fingerprint density at radius 1 is 0.889 bits per heavy atom. The predicted octanol–water partition coefficient (Wildman–Crippen LogP) is 7.49. The van der Waals surface area contributed by atoms with E-state index >= 15 is 4.39 Å². The second-order valence-electron chi connectivity index (χ2n) is 7.54. The Balaban J connectivity index is 3.04. The predicted molar refractivity (Wildman–Crippen MR) is 117 cm³/mol. The summed E-state index contributed by atoms with van der Waals surface area (Å²) in [6.07, 6.45) is 9.58. The molecule has 0 aliphatic carbocycles. The molecule has 0 aliphatic rings. The van der Waals surface area contributed by atoms with Crippen molar-refractivity contribution in [3.8, 4) is 11.5 Å². The molecule has 0 radical (unpaired) electrons. The summed E-state index contributed by atoms with van der Waals surface area (Å²) in [6, 6.07) is 5.87. The summed E-state index contributed by atoms with van der Waals surface area (Å²) in [5, 5.41) is 0. The Hall–Kier alpha value is -0.711. The molecule has 0 saturated carbocycles. The van der Waals surface area contributed by atoms with E-state index in [-0.39, 0.29) is 0 Å². The average Bonchev–Trinajstić information content (AvgIpc) is 2.71. The average molecular weight is 485 g/mol. The fourth-order valence-corrected chi connectivity index (χ4v) is 18.2.